The highest BCUT2D eigenvalue weighted by atomic mass is 32.2. The summed E-state index contributed by atoms with van der Waals surface area (Å²) in [7, 11) is -8.44. The second-order valence-electron chi connectivity index (χ2n) is 5.64. The van der Waals surface area contributed by atoms with E-state index in [4.69, 9.17) is 0 Å². The summed E-state index contributed by atoms with van der Waals surface area (Å²) >= 11 is 0. The maximum Gasteiger partial charge on any atom is 0.464 e. The summed E-state index contributed by atoms with van der Waals surface area (Å²) in [4.78, 5) is 30.5. The second-order valence-corrected chi connectivity index (χ2v) is 9.27. The van der Waals surface area contributed by atoms with Gasteiger partial charge in [-0.3, -0.25) is 0 Å². The Morgan fingerprint density at radius 3 is 2.04 bits per heavy atom. The predicted molar refractivity (Wildman–Crippen MR) is 97.2 cm³/mol. The number of rotatable bonds is 6. The third-order valence-corrected chi connectivity index (χ3v) is 6.08. The minimum Gasteiger partial charge on any atom is -0.247 e. The smallest absolute Gasteiger partial charge is 0.247 e. The van der Waals surface area contributed by atoms with Crippen LogP contribution in [0.15, 0.2) is 64.4 Å². The van der Waals surface area contributed by atoms with Crippen molar-refractivity contribution in [3.05, 3.63) is 60.2 Å². The molecule has 0 fully saturated rings. The fourth-order valence-corrected chi connectivity index (χ4v) is 4.67. The van der Waals surface area contributed by atoms with Gasteiger partial charge < -0.3 is 0 Å². The minimum absolute atomic E-state index is 0.0963. The highest BCUT2D eigenvalue weighted by Gasteiger charge is 2.26. The lowest BCUT2D eigenvalue weighted by Crippen LogP contribution is -2.32. The summed E-state index contributed by atoms with van der Waals surface area (Å²) in [5, 5.41) is 0. The molecule has 0 aliphatic carbocycles. The molecule has 11 heteroatoms. The molecule has 0 radical (unpaired) electrons. The van der Waals surface area contributed by atoms with Crippen molar-refractivity contribution < 1.29 is 36.2 Å². The SMILES string of the molecule is CS(=O)(=O)c1ccccc1S(=O)(=O)NC(=O)OOC(=O)CCc1ccccc1. The molecule has 0 aromatic heterocycles. The average molecular weight is 427 g/mol. The Labute approximate surface area is 162 Å². The third-order valence-electron chi connectivity index (χ3n) is 3.43. The van der Waals surface area contributed by atoms with Gasteiger partial charge in [-0.05, 0) is 24.1 Å². The topological polar surface area (TPSA) is 133 Å². The average Bonchev–Trinajstić information content (AvgIpc) is 2.64. The molecule has 0 aliphatic rings. The van der Waals surface area contributed by atoms with E-state index >= 15 is 0 Å². The molecule has 1 N–H and O–H groups in total. The number of carbonyl (C=O) groups excluding carboxylic acids is 2. The van der Waals surface area contributed by atoms with Gasteiger partial charge in [-0.1, -0.05) is 42.5 Å². The van der Waals surface area contributed by atoms with E-state index in [9.17, 15) is 26.4 Å². The van der Waals surface area contributed by atoms with Gasteiger partial charge in [-0.25, -0.2) is 40.9 Å². The van der Waals surface area contributed by atoms with Crippen molar-refractivity contribution in [3.63, 3.8) is 0 Å². The molecule has 0 unspecified atom stereocenters. The minimum atomic E-state index is -4.57. The number of amides is 1. The molecular formula is C17H17NO8S2. The van der Waals surface area contributed by atoms with Crippen molar-refractivity contribution in [2.24, 2.45) is 0 Å². The molecule has 1 amide bonds. The van der Waals surface area contributed by atoms with Crippen LogP contribution in [-0.4, -0.2) is 35.2 Å². The molecule has 9 nitrogen and oxygen atoms in total. The summed E-state index contributed by atoms with van der Waals surface area (Å²) in [6, 6.07) is 13.7. The molecule has 0 bridgehead atoms. The molecule has 0 heterocycles. The number of aryl methyl sites for hydroxylation is 1. The number of nitrogens with one attached hydrogen (secondary N) is 1. The van der Waals surface area contributed by atoms with Crippen LogP contribution in [0.5, 0.6) is 0 Å². The van der Waals surface area contributed by atoms with Gasteiger partial charge in [0.1, 0.15) is 4.90 Å². The molecule has 0 saturated carbocycles. The van der Waals surface area contributed by atoms with Crippen molar-refractivity contribution in [1.82, 2.24) is 4.72 Å². The van der Waals surface area contributed by atoms with E-state index in [1.807, 2.05) is 6.07 Å². The molecule has 2 aromatic rings. The van der Waals surface area contributed by atoms with Gasteiger partial charge in [0.05, 0.1) is 11.3 Å². The van der Waals surface area contributed by atoms with Crippen molar-refractivity contribution >= 4 is 31.9 Å². The Morgan fingerprint density at radius 1 is 0.857 bits per heavy atom. The first kappa shape index (κ1) is 21.4. The maximum absolute atomic E-state index is 12.2. The number of hydrogen-bond donors (Lipinski definition) is 1. The van der Waals surface area contributed by atoms with E-state index < -0.39 is 41.7 Å². The highest BCUT2D eigenvalue weighted by Crippen LogP contribution is 2.20. The highest BCUT2D eigenvalue weighted by molar-refractivity contribution is 7.93. The second kappa shape index (κ2) is 8.85. The summed E-state index contributed by atoms with van der Waals surface area (Å²) < 4.78 is 49.4. The van der Waals surface area contributed by atoms with Gasteiger partial charge in [0.2, 0.25) is 0 Å². The zero-order chi connectivity index (χ0) is 20.8. The van der Waals surface area contributed by atoms with Gasteiger partial charge >= 0.3 is 12.1 Å². The first-order chi connectivity index (χ1) is 13.1. The predicted octanol–water partition coefficient (Wildman–Crippen LogP) is 1.60. The van der Waals surface area contributed by atoms with Crippen molar-refractivity contribution in [2.45, 2.75) is 22.6 Å². The zero-order valence-electron chi connectivity index (χ0n) is 14.7. The Morgan fingerprint density at radius 2 is 1.43 bits per heavy atom. The van der Waals surface area contributed by atoms with Gasteiger partial charge in [-0.15, -0.1) is 0 Å². The Balaban J connectivity index is 1.95. The van der Waals surface area contributed by atoms with E-state index in [0.29, 0.717) is 6.42 Å². The van der Waals surface area contributed by atoms with Crippen LogP contribution in [0.2, 0.25) is 0 Å². The summed E-state index contributed by atoms with van der Waals surface area (Å²) in [6.07, 6.45) is -0.517. The first-order valence-electron chi connectivity index (χ1n) is 7.87. The molecule has 0 saturated heterocycles. The van der Waals surface area contributed by atoms with Crippen molar-refractivity contribution in [3.8, 4) is 0 Å². The number of carbonyl (C=O) groups is 2. The molecule has 0 atom stereocenters. The molecule has 28 heavy (non-hydrogen) atoms. The van der Waals surface area contributed by atoms with E-state index in [1.165, 1.54) is 16.9 Å². The Bertz CT molecular complexity index is 1060. The molecule has 0 aliphatic heterocycles. The Hall–Kier alpha value is -2.92. The summed E-state index contributed by atoms with van der Waals surface area (Å²) in [5.41, 5.74) is 0.865. The van der Waals surface area contributed by atoms with Crippen LogP contribution in [0, 0.1) is 0 Å². The van der Waals surface area contributed by atoms with E-state index in [0.717, 1.165) is 24.0 Å². The normalized spacial score (nSPS) is 11.5. The fourth-order valence-electron chi connectivity index (χ4n) is 2.18. The number of sulfone groups is 1. The lowest BCUT2D eigenvalue weighted by Gasteiger charge is -2.09. The van der Waals surface area contributed by atoms with E-state index in [2.05, 4.69) is 9.78 Å². The molecule has 0 spiro atoms. The fraction of sp³-hybridized carbons (Fsp3) is 0.176. The number of sulfonamides is 1. The zero-order valence-corrected chi connectivity index (χ0v) is 16.3. The van der Waals surface area contributed by atoms with Gasteiger partial charge in [-0.2, -0.15) is 0 Å². The standard InChI is InChI=1S/C17H17NO8S2/c1-27(21,22)14-9-5-6-10-15(14)28(23,24)18-17(20)26-25-16(19)12-11-13-7-3-2-4-8-13/h2-10H,11-12H2,1H3,(H,18,20). The quantitative estimate of drug-likeness (QED) is 0.543. The lowest BCUT2D eigenvalue weighted by molar-refractivity contribution is -0.231. The van der Waals surface area contributed by atoms with Gasteiger partial charge in [0, 0.05) is 6.26 Å². The summed E-state index contributed by atoms with van der Waals surface area (Å²) in [5.74, 6) is -0.882. The van der Waals surface area contributed by atoms with Crippen LogP contribution in [-0.2, 0) is 40.9 Å². The van der Waals surface area contributed by atoms with Crippen molar-refractivity contribution in [2.75, 3.05) is 6.26 Å². The number of hydrogen-bond acceptors (Lipinski definition) is 8. The van der Waals surface area contributed by atoms with Crippen LogP contribution < -0.4 is 4.72 Å². The van der Waals surface area contributed by atoms with Gasteiger partial charge in [0.15, 0.2) is 9.84 Å². The van der Waals surface area contributed by atoms with Crippen LogP contribution in [0.4, 0.5) is 4.79 Å². The summed E-state index contributed by atoms with van der Waals surface area (Å²) in [6.45, 7) is 0. The van der Waals surface area contributed by atoms with Crippen LogP contribution in [0.3, 0.4) is 0 Å². The molecule has 150 valence electrons. The molecular weight excluding hydrogens is 410 g/mol. The number of benzene rings is 2. The van der Waals surface area contributed by atoms with Crippen LogP contribution >= 0.6 is 0 Å². The van der Waals surface area contributed by atoms with Gasteiger partial charge in [0.25, 0.3) is 10.0 Å². The van der Waals surface area contributed by atoms with E-state index in [1.54, 1.807) is 24.3 Å². The van der Waals surface area contributed by atoms with Crippen LogP contribution in [0.1, 0.15) is 12.0 Å². The molecule has 2 rings (SSSR count). The van der Waals surface area contributed by atoms with Crippen molar-refractivity contribution in [1.29, 1.82) is 0 Å². The third kappa shape index (κ3) is 6.06. The van der Waals surface area contributed by atoms with Crippen LogP contribution in [0.25, 0.3) is 0 Å². The maximum atomic E-state index is 12.2. The monoisotopic (exact) mass is 427 g/mol. The first-order valence-corrected chi connectivity index (χ1v) is 11.2. The lowest BCUT2D eigenvalue weighted by atomic mass is 10.1. The Kier molecular flexibility index (Phi) is 6.75. The van der Waals surface area contributed by atoms with E-state index in [-0.39, 0.29) is 6.42 Å². The largest absolute Gasteiger partial charge is 0.464 e. The molecule has 2 aromatic carbocycles.